The molecule has 2 rings (SSSR count). The van der Waals surface area contributed by atoms with E-state index in [-0.39, 0.29) is 11.6 Å². The highest BCUT2D eigenvalue weighted by Crippen LogP contribution is 2.19. The van der Waals surface area contributed by atoms with Crippen LogP contribution >= 0.6 is 0 Å². The van der Waals surface area contributed by atoms with E-state index in [9.17, 15) is 9.59 Å². The van der Waals surface area contributed by atoms with Gasteiger partial charge in [0.2, 0.25) is 11.6 Å². The first kappa shape index (κ1) is 14.7. The van der Waals surface area contributed by atoms with Gasteiger partial charge in [-0.1, -0.05) is 36.5 Å². The van der Waals surface area contributed by atoms with Crippen LogP contribution in [0, 0.1) is 0 Å². The van der Waals surface area contributed by atoms with E-state index >= 15 is 0 Å². The van der Waals surface area contributed by atoms with Gasteiger partial charge >= 0.3 is 0 Å². The third-order valence-electron chi connectivity index (χ3n) is 3.79. The first-order chi connectivity index (χ1) is 9.79. The average Bonchev–Trinajstić information content (AvgIpc) is 2.36. The first-order valence-electron chi connectivity index (χ1n) is 7.59. The summed E-state index contributed by atoms with van der Waals surface area (Å²) in [6.07, 6.45) is 19.3. The molecule has 2 nitrogen and oxygen atoms in total. The second kappa shape index (κ2) is 7.78. The van der Waals surface area contributed by atoms with Gasteiger partial charge in [-0.05, 0) is 51.4 Å². The quantitative estimate of drug-likeness (QED) is 0.719. The second-order valence-corrected chi connectivity index (χ2v) is 5.39. The Labute approximate surface area is 120 Å². The van der Waals surface area contributed by atoms with Crippen molar-refractivity contribution in [2.24, 2.45) is 0 Å². The molecule has 0 amide bonds. The van der Waals surface area contributed by atoms with Crippen molar-refractivity contribution in [2.75, 3.05) is 0 Å². The van der Waals surface area contributed by atoms with Crippen LogP contribution in [0.4, 0.5) is 0 Å². The lowest BCUT2D eigenvalue weighted by Crippen LogP contribution is -2.19. The highest BCUT2D eigenvalue weighted by Gasteiger charge is 2.22. The van der Waals surface area contributed by atoms with E-state index in [0.717, 1.165) is 51.4 Å². The monoisotopic (exact) mass is 270 g/mol. The molecular weight excluding hydrogens is 248 g/mol. The van der Waals surface area contributed by atoms with Crippen molar-refractivity contribution < 1.29 is 9.59 Å². The second-order valence-electron chi connectivity index (χ2n) is 5.39. The smallest absolute Gasteiger partial charge is 0.229 e. The number of carbonyl (C=O) groups excluding carboxylic acids is 2. The minimum Gasteiger partial charge on any atom is -0.285 e. The fourth-order valence-electron chi connectivity index (χ4n) is 2.55. The van der Waals surface area contributed by atoms with Gasteiger partial charge in [0.05, 0.1) is 0 Å². The van der Waals surface area contributed by atoms with Crippen LogP contribution in [0.2, 0.25) is 0 Å². The van der Waals surface area contributed by atoms with Crippen molar-refractivity contribution >= 4 is 11.6 Å². The highest BCUT2D eigenvalue weighted by molar-refractivity contribution is 6.49. The van der Waals surface area contributed by atoms with Gasteiger partial charge in [-0.3, -0.25) is 9.59 Å². The Balaban J connectivity index is 2.12. The number of hydrogen-bond donors (Lipinski definition) is 0. The van der Waals surface area contributed by atoms with Crippen LogP contribution in [0.15, 0.2) is 47.6 Å². The summed E-state index contributed by atoms with van der Waals surface area (Å²) in [7, 11) is 0. The lowest BCUT2D eigenvalue weighted by Gasteiger charge is -2.10. The average molecular weight is 270 g/mol. The van der Waals surface area contributed by atoms with Gasteiger partial charge in [-0.25, -0.2) is 0 Å². The van der Waals surface area contributed by atoms with Gasteiger partial charge in [0, 0.05) is 11.1 Å². The molecule has 106 valence electrons. The summed E-state index contributed by atoms with van der Waals surface area (Å²) in [5, 5.41) is 0. The van der Waals surface area contributed by atoms with E-state index < -0.39 is 0 Å². The van der Waals surface area contributed by atoms with Crippen LogP contribution < -0.4 is 0 Å². The first-order valence-corrected chi connectivity index (χ1v) is 7.59. The zero-order valence-electron chi connectivity index (χ0n) is 11.9. The molecule has 0 aromatic carbocycles. The third kappa shape index (κ3) is 4.16. The van der Waals surface area contributed by atoms with Crippen LogP contribution in [0.25, 0.3) is 0 Å². The van der Waals surface area contributed by atoms with Gasteiger partial charge in [0.1, 0.15) is 0 Å². The maximum atomic E-state index is 12.3. The Hall–Kier alpha value is -1.70. The zero-order valence-corrected chi connectivity index (χ0v) is 11.9. The van der Waals surface area contributed by atoms with Crippen molar-refractivity contribution in [3.05, 3.63) is 47.6 Å². The number of carbonyl (C=O) groups is 2. The van der Waals surface area contributed by atoms with Crippen molar-refractivity contribution in [1.29, 1.82) is 0 Å². The SMILES string of the molecule is O=C(C(=O)/C1=C/C=C\CCCC1)/C1=C/C=C\CCCC1. The minimum absolute atomic E-state index is 0.309. The molecule has 20 heavy (non-hydrogen) atoms. The largest absolute Gasteiger partial charge is 0.285 e. The summed E-state index contributed by atoms with van der Waals surface area (Å²) in [5.41, 5.74) is 1.33. The molecule has 0 aliphatic heterocycles. The Morgan fingerprint density at radius 1 is 0.700 bits per heavy atom. The molecule has 0 heterocycles. The zero-order chi connectivity index (χ0) is 14.2. The molecule has 0 spiro atoms. The Morgan fingerprint density at radius 3 is 1.60 bits per heavy atom. The van der Waals surface area contributed by atoms with Crippen molar-refractivity contribution in [3.8, 4) is 0 Å². The maximum absolute atomic E-state index is 12.3. The number of rotatable bonds is 3. The van der Waals surface area contributed by atoms with E-state index in [2.05, 4.69) is 12.2 Å². The van der Waals surface area contributed by atoms with Crippen LogP contribution in [0.5, 0.6) is 0 Å². The predicted octanol–water partition coefficient (Wildman–Crippen LogP) is 4.24. The van der Waals surface area contributed by atoms with Crippen molar-refractivity contribution in [3.63, 3.8) is 0 Å². The molecule has 0 aromatic heterocycles. The summed E-state index contributed by atoms with van der Waals surface area (Å²) < 4.78 is 0. The van der Waals surface area contributed by atoms with E-state index in [1.807, 2.05) is 24.3 Å². The van der Waals surface area contributed by atoms with E-state index in [1.165, 1.54) is 0 Å². The lowest BCUT2D eigenvalue weighted by molar-refractivity contribution is -0.132. The van der Waals surface area contributed by atoms with Crippen molar-refractivity contribution in [1.82, 2.24) is 0 Å². The van der Waals surface area contributed by atoms with Gasteiger partial charge in [-0.2, -0.15) is 0 Å². The van der Waals surface area contributed by atoms with E-state index in [1.54, 1.807) is 0 Å². The molecule has 0 N–H and O–H groups in total. The van der Waals surface area contributed by atoms with Crippen LogP contribution in [-0.2, 0) is 9.59 Å². The van der Waals surface area contributed by atoms with Crippen LogP contribution in [-0.4, -0.2) is 11.6 Å². The topological polar surface area (TPSA) is 34.1 Å². The minimum atomic E-state index is -0.309. The molecule has 2 aliphatic carbocycles. The summed E-state index contributed by atoms with van der Waals surface area (Å²) in [4.78, 5) is 24.7. The molecular formula is C18H22O2. The summed E-state index contributed by atoms with van der Waals surface area (Å²) in [6.45, 7) is 0. The Morgan fingerprint density at radius 2 is 1.15 bits per heavy atom. The molecule has 0 saturated heterocycles. The van der Waals surface area contributed by atoms with Gasteiger partial charge < -0.3 is 0 Å². The van der Waals surface area contributed by atoms with E-state index in [0.29, 0.717) is 11.1 Å². The number of hydrogen-bond acceptors (Lipinski definition) is 2. The lowest BCUT2D eigenvalue weighted by atomic mass is 9.92. The van der Waals surface area contributed by atoms with Crippen LogP contribution in [0.1, 0.15) is 51.4 Å². The molecule has 0 unspecified atom stereocenters. The molecule has 2 heteroatoms. The molecule has 0 saturated carbocycles. The van der Waals surface area contributed by atoms with E-state index in [4.69, 9.17) is 0 Å². The number of ketones is 2. The highest BCUT2D eigenvalue weighted by atomic mass is 16.2. The third-order valence-corrected chi connectivity index (χ3v) is 3.79. The summed E-state index contributed by atoms with van der Waals surface area (Å²) >= 11 is 0. The fraction of sp³-hybridized carbons (Fsp3) is 0.444. The fourth-order valence-corrected chi connectivity index (χ4v) is 2.55. The Kier molecular flexibility index (Phi) is 5.72. The normalized spacial score (nSPS) is 28.4. The summed E-state index contributed by atoms with van der Waals surface area (Å²) in [5.74, 6) is -0.617. The summed E-state index contributed by atoms with van der Waals surface area (Å²) in [6, 6.07) is 0. The van der Waals surface area contributed by atoms with Crippen LogP contribution in [0.3, 0.4) is 0 Å². The molecule has 2 aliphatic rings. The molecule has 0 aromatic rings. The Bertz CT molecular complexity index is 444. The van der Waals surface area contributed by atoms with Gasteiger partial charge in [-0.15, -0.1) is 0 Å². The standard InChI is InChI=1S/C18H22O2/c19-17(15-11-7-3-1-4-8-12-15)18(20)16-13-9-5-2-6-10-14-16/h3,5,7,9,11,13H,1-2,4,6,8,10,12,14H2/b7-3-,9-5-,15-11+,16-13+. The number of allylic oxidation sites excluding steroid dienone is 8. The maximum Gasteiger partial charge on any atom is 0.229 e. The van der Waals surface area contributed by atoms with Crippen molar-refractivity contribution in [2.45, 2.75) is 51.4 Å². The van der Waals surface area contributed by atoms with Gasteiger partial charge in [0.15, 0.2) is 0 Å². The predicted molar refractivity (Wildman–Crippen MR) is 81.4 cm³/mol. The molecule has 0 radical (unpaired) electrons. The molecule has 0 bridgehead atoms. The molecule has 0 fully saturated rings. The molecule has 0 atom stereocenters. The number of Topliss-reactive ketones (excluding diaryl/α,β-unsaturated/α-hetero) is 2. The van der Waals surface area contributed by atoms with Gasteiger partial charge in [0.25, 0.3) is 0 Å².